The molecule has 0 bridgehead atoms. The molecule has 1 aliphatic carbocycles. The fourth-order valence-electron chi connectivity index (χ4n) is 2.17. The molecule has 1 saturated carbocycles. The van der Waals surface area contributed by atoms with Gasteiger partial charge in [0.15, 0.2) is 0 Å². The van der Waals surface area contributed by atoms with Crippen molar-refractivity contribution in [1.29, 1.82) is 0 Å². The van der Waals surface area contributed by atoms with Gasteiger partial charge in [-0.3, -0.25) is 9.59 Å². The monoisotopic (exact) mass is 358 g/mol. The number of likely N-dealkylation sites (N-methyl/N-ethyl adjacent to an activating group) is 1. The van der Waals surface area contributed by atoms with Crippen molar-refractivity contribution < 1.29 is 9.59 Å². The average molecular weight is 359 g/mol. The fraction of sp³-hybridized carbons (Fsp3) is 0.571. The molecule has 6 heteroatoms. The molecule has 1 heterocycles. The van der Waals surface area contributed by atoms with E-state index in [1.165, 1.54) is 24.2 Å². The van der Waals surface area contributed by atoms with Crippen LogP contribution in [0.4, 0.5) is 0 Å². The van der Waals surface area contributed by atoms with Gasteiger partial charge in [0, 0.05) is 13.1 Å². The highest BCUT2D eigenvalue weighted by Crippen LogP contribution is 2.34. The summed E-state index contributed by atoms with van der Waals surface area (Å²) in [6.45, 7) is 3.81. The first-order valence-corrected chi connectivity index (χ1v) is 8.34. The van der Waals surface area contributed by atoms with Crippen LogP contribution >= 0.6 is 27.3 Å². The highest BCUT2D eigenvalue weighted by molar-refractivity contribution is 9.11. The number of hydrogen-bond acceptors (Lipinski definition) is 3. The molecule has 0 aromatic carbocycles. The maximum absolute atomic E-state index is 12.3. The van der Waals surface area contributed by atoms with Crippen LogP contribution in [0.25, 0.3) is 0 Å². The van der Waals surface area contributed by atoms with Crippen LogP contribution in [0, 0.1) is 5.92 Å². The number of halogens is 1. The van der Waals surface area contributed by atoms with Gasteiger partial charge in [0.25, 0.3) is 5.91 Å². The normalized spacial score (nSPS) is 17.4. The highest BCUT2D eigenvalue weighted by Gasteiger charge is 2.34. The van der Waals surface area contributed by atoms with Gasteiger partial charge in [-0.2, -0.15) is 0 Å². The summed E-state index contributed by atoms with van der Waals surface area (Å²) in [5, 5.41) is 2.76. The van der Waals surface area contributed by atoms with Gasteiger partial charge in [-0.15, -0.1) is 11.3 Å². The SMILES string of the molecule is CC(NC(=O)c1ccc(Br)s1)C(=O)N(C)C(C)C1CC1. The largest absolute Gasteiger partial charge is 0.341 e. The van der Waals surface area contributed by atoms with Gasteiger partial charge in [0.1, 0.15) is 6.04 Å². The summed E-state index contributed by atoms with van der Waals surface area (Å²) in [5.41, 5.74) is 0. The molecule has 1 fully saturated rings. The number of nitrogens with one attached hydrogen (secondary N) is 1. The third kappa shape index (κ3) is 3.61. The zero-order valence-electron chi connectivity index (χ0n) is 11.9. The number of amides is 2. The summed E-state index contributed by atoms with van der Waals surface area (Å²) >= 11 is 4.68. The van der Waals surface area contributed by atoms with Crippen LogP contribution in [0.3, 0.4) is 0 Å². The van der Waals surface area contributed by atoms with E-state index in [0.29, 0.717) is 10.8 Å². The van der Waals surface area contributed by atoms with Crippen LogP contribution < -0.4 is 5.32 Å². The van der Waals surface area contributed by atoms with Gasteiger partial charge in [-0.05, 0) is 60.7 Å². The summed E-state index contributed by atoms with van der Waals surface area (Å²) in [6.07, 6.45) is 2.39. The van der Waals surface area contributed by atoms with Gasteiger partial charge in [0.2, 0.25) is 5.91 Å². The van der Waals surface area contributed by atoms with Crippen LogP contribution in [-0.4, -0.2) is 35.8 Å². The number of hydrogen-bond donors (Lipinski definition) is 1. The lowest BCUT2D eigenvalue weighted by molar-refractivity contribution is -0.133. The molecular formula is C14H19BrN2O2S. The fourth-order valence-corrected chi connectivity index (χ4v) is 3.46. The second-order valence-electron chi connectivity index (χ2n) is 5.33. The zero-order chi connectivity index (χ0) is 14.9. The third-order valence-corrected chi connectivity index (χ3v) is 5.40. The summed E-state index contributed by atoms with van der Waals surface area (Å²) in [4.78, 5) is 26.7. The van der Waals surface area contributed by atoms with E-state index < -0.39 is 6.04 Å². The smallest absolute Gasteiger partial charge is 0.262 e. The van der Waals surface area contributed by atoms with Crippen LogP contribution in [0.5, 0.6) is 0 Å². The van der Waals surface area contributed by atoms with E-state index in [1.807, 2.05) is 13.1 Å². The number of thiophene rings is 1. The first kappa shape index (κ1) is 15.5. The lowest BCUT2D eigenvalue weighted by Gasteiger charge is -2.28. The Morgan fingerprint density at radius 1 is 1.40 bits per heavy atom. The van der Waals surface area contributed by atoms with Crippen molar-refractivity contribution in [3.05, 3.63) is 20.8 Å². The van der Waals surface area contributed by atoms with Gasteiger partial charge in [-0.1, -0.05) is 0 Å². The van der Waals surface area contributed by atoms with Crippen molar-refractivity contribution in [3.8, 4) is 0 Å². The Balaban J connectivity index is 1.91. The van der Waals surface area contributed by atoms with Crippen LogP contribution in [-0.2, 0) is 4.79 Å². The van der Waals surface area contributed by atoms with E-state index in [9.17, 15) is 9.59 Å². The first-order valence-electron chi connectivity index (χ1n) is 6.73. The molecule has 0 spiro atoms. The van der Waals surface area contributed by atoms with Gasteiger partial charge in [0.05, 0.1) is 8.66 Å². The summed E-state index contributed by atoms with van der Waals surface area (Å²) < 4.78 is 0.904. The molecule has 1 aliphatic rings. The molecule has 2 rings (SSSR count). The van der Waals surface area contributed by atoms with E-state index in [2.05, 4.69) is 28.2 Å². The van der Waals surface area contributed by atoms with Crippen molar-refractivity contribution in [2.24, 2.45) is 5.92 Å². The Labute approximate surface area is 131 Å². The van der Waals surface area contributed by atoms with Crippen molar-refractivity contribution in [1.82, 2.24) is 10.2 Å². The molecule has 20 heavy (non-hydrogen) atoms. The minimum absolute atomic E-state index is 0.0339. The maximum atomic E-state index is 12.3. The molecule has 0 aliphatic heterocycles. The Morgan fingerprint density at radius 2 is 2.05 bits per heavy atom. The quantitative estimate of drug-likeness (QED) is 0.879. The summed E-state index contributed by atoms with van der Waals surface area (Å²) in [6, 6.07) is 3.32. The predicted octanol–water partition coefficient (Wildman–Crippen LogP) is 2.89. The lowest BCUT2D eigenvalue weighted by atomic mass is 10.1. The Kier molecular flexibility index (Phi) is 4.86. The number of carbonyl (C=O) groups is 2. The Hall–Kier alpha value is -0.880. The molecule has 1 aromatic heterocycles. The van der Waals surface area contributed by atoms with E-state index in [-0.39, 0.29) is 17.9 Å². The zero-order valence-corrected chi connectivity index (χ0v) is 14.3. The molecule has 1 N–H and O–H groups in total. The first-order chi connectivity index (χ1) is 9.40. The highest BCUT2D eigenvalue weighted by atomic mass is 79.9. The molecule has 2 amide bonds. The second kappa shape index (κ2) is 6.26. The maximum Gasteiger partial charge on any atom is 0.262 e. The molecule has 0 saturated heterocycles. The Bertz CT molecular complexity index is 513. The van der Waals surface area contributed by atoms with Crippen molar-refractivity contribution >= 4 is 39.1 Å². The van der Waals surface area contributed by atoms with E-state index in [4.69, 9.17) is 0 Å². The van der Waals surface area contributed by atoms with Crippen LogP contribution in [0.1, 0.15) is 36.4 Å². The predicted molar refractivity (Wildman–Crippen MR) is 83.9 cm³/mol. The topological polar surface area (TPSA) is 49.4 Å². The molecule has 2 atom stereocenters. The van der Waals surface area contributed by atoms with Crippen molar-refractivity contribution in [2.75, 3.05) is 7.05 Å². The third-order valence-electron chi connectivity index (χ3n) is 3.78. The van der Waals surface area contributed by atoms with Gasteiger partial charge in [-0.25, -0.2) is 0 Å². The van der Waals surface area contributed by atoms with Crippen LogP contribution in [0.15, 0.2) is 15.9 Å². The standard InChI is InChI=1S/C14H19BrN2O2S/c1-8(14(19)17(3)9(2)10-4-5-10)16-13(18)11-6-7-12(15)20-11/h6-10H,4-5H2,1-3H3,(H,16,18). The van der Waals surface area contributed by atoms with E-state index in [0.717, 1.165) is 3.79 Å². The molecule has 110 valence electrons. The van der Waals surface area contributed by atoms with Gasteiger partial charge < -0.3 is 10.2 Å². The van der Waals surface area contributed by atoms with E-state index in [1.54, 1.807) is 17.9 Å². The molecule has 4 nitrogen and oxygen atoms in total. The molecule has 0 radical (unpaired) electrons. The second-order valence-corrected chi connectivity index (χ2v) is 7.79. The lowest BCUT2D eigenvalue weighted by Crippen LogP contribution is -2.48. The number of nitrogens with zero attached hydrogens (tertiary/aromatic N) is 1. The minimum atomic E-state index is -0.505. The van der Waals surface area contributed by atoms with Gasteiger partial charge >= 0.3 is 0 Å². The van der Waals surface area contributed by atoms with E-state index >= 15 is 0 Å². The molecule has 2 unspecified atom stereocenters. The number of carbonyl (C=O) groups excluding carboxylic acids is 2. The minimum Gasteiger partial charge on any atom is -0.341 e. The van der Waals surface area contributed by atoms with Crippen molar-refractivity contribution in [3.63, 3.8) is 0 Å². The van der Waals surface area contributed by atoms with Crippen LogP contribution in [0.2, 0.25) is 0 Å². The summed E-state index contributed by atoms with van der Waals surface area (Å²) in [5.74, 6) is 0.391. The van der Waals surface area contributed by atoms with Crippen molar-refractivity contribution in [2.45, 2.75) is 38.8 Å². The molecular weight excluding hydrogens is 340 g/mol. The summed E-state index contributed by atoms with van der Waals surface area (Å²) in [7, 11) is 1.82. The molecule has 1 aromatic rings. The average Bonchev–Trinajstić information content (AvgIpc) is 3.17. The number of rotatable bonds is 5. The Morgan fingerprint density at radius 3 is 2.55 bits per heavy atom.